The van der Waals surface area contributed by atoms with Crippen LogP contribution in [0.1, 0.15) is 61.8 Å². The number of esters is 2. The number of hydrogen-bond acceptors (Lipinski definition) is 4. The minimum absolute atomic E-state index is 0.0413. The van der Waals surface area contributed by atoms with Gasteiger partial charge in [0.25, 0.3) is 0 Å². The quantitative estimate of drug-likeness (QED) is 0.700. The Hall–Kier alpha value is -1.06. The molecule has 4 nitrogen and oxygen atoms in total. The lowest BCUT2D eigenvalue weighted by molar-refractivity contribution is -0.159. The van der Waals surface area contributed by atoms with Crippen LogP contribution in [-0.4, -0.2) is 25.2 Å². The first-order valence-electron chi connectivity index (χ1n) is 7.64. The molecule has 0 aliphatic heterocycles. The molecule has 0 rings (SSSR count). The van der Waals surface area contributed by atoms with Crippen LogP contribution in [0.2, 0.25) is 0 Å². The van der Waals surface area contributed by atoms with Crippen molar-refractivity contribution >= 4 is 11.9 Å². The van der Waals surface area contributed by atoms with Gasteiger partial charge in [-0.3, -0.25) is 9.59 Å². The van der Waals surface area contributed by atoms with Crippen molar-refractivity contribution in [3.05, 3.63) is 0 Å². The fourth-order valence-corrected chi connectivity index (χ4v) is 1.52. The Kier molecular flexibility index (Phi) is 7.41. The van der Waals surface area contributed by atoms with Crippen LogP contribution >= 0.6 is 0 Å². The van der Waals surface area contributed by atoms with Crippen molar-refractivity contribution in [1.29, 1.82) is 0 Å². The molecule has 1 unspecified atom stereocenters. The van der Waals surface area contributed by atoms with E-state index in [0.717, 1.165) is 0 Å². The second-order valence-corrected chi connectivity index (χ2v) is 8.44. The van der Waals surface area contributed by atoms with Gasteiger partial charge in [0.2, 0.25) is 0 Å². The van der Waals surface area contributed by atoms with Crippen LogP contribution < -0.4 is 0 Å². The average molecular weight is 300 g/mol. The molecule has 0 aliphatic rings. The third-order valence-electron chi connectivity index (χ3n) is 2.81. The first-order chi connectivity index (χ1) is 9.32. The highest BCUT2D eigenvalue weighted by Gasteiger charge is 2.29. The zero-order valence-corrected chi connectivity index (χ0v) is 14.9. The summed E-state index contributed by atoms with van der Waals surface area (Å²) in [4.78, 5) is 24.0. The van der Waals surface area contributed by atoms with E-state index >= 15 is 0 Å². The second kappa shape index (κ2) is 7.81. The van der Waals surface area contributed by atoms with E-state index in [4.69, 9.17) is 9.47 Å². The number of rotatable bonds is 6. The Morgan fingerprint density at radius 2 is 1.29 bits per heavy atom. The maximum atomic E-state index is 12.1. The zero-order valence-electron chi connectivity index (χ0n) is 14.9. The number of carbonyl (C=O) groups excluding carboxylic acids is 2. The molecule has 0 aliphatic carbocycles. The molecule has 0 aromatic carbocycles. The van der Waals surface area contributed by atoms with Crippen LogP contribution in [0.15, 0.2) is 0 Å². The molecule has 0 saturated carbocycles. The largest absolute Gasteiger partial charge is 0.465 e. The summed E-state index contributed by atoms with van der Waals surface area (Å²) in [5, 5.41) is 0. The van der Waals surface area contributed by atoms with E-state index in [0.29, 0.717) is 13.2 Å². The summed E-state index contributed by atoms with van der Waals surface area (Å²) in [6, 6.07) is 0. The van der Waals surface area contributed by atoms with Crippen LogP contribution in [-0.2, 0) is 19.1 Å². The van der Waals surface area contributed by atoms with Crippen molar-refractivity contribution in [1.82, 2.24) is 0 Å². The molecule has 1 atom stereocenters. The van der Waals surface area contributed by atoms with Gasteiger partial charge in [-0.15, -0.1) is 0 Å². The zero-order chi connectivity index (χ0) is 16.8. The van der Waals surface area contributed by atoms with Crippen LogP contribution in [0.3, 0.4) is 0 Å². The fourth-order valence-electron chi connectivity index (χ4n) is 1.52. The van der Waals surface area contributed by atoms with Crippen LogP contribution in [0.4, 0.5) is 0 Å². The first-order valence-corrected chi connectivity index (χ1v) is 7.64. The summed E-state index contributed by atoms with van der Waals surface area (Å²) < 4.78 is 10.6. The molecule has 0 spiro atoms. The Morgan fingerprint density at radius 3 is 1.67 bits per heavy atom. The third kappa shape index (κ3) is 10.3. The normalized spacial score (nSPS) is 14.0. The average Bonchev–Trinajstić information content (AvgIpc) is 2.28. The minimum atomic E-state index is -0.445. The van der Waals surface area contributed by atoms with Crippen LogP contribution in [0, 0.1) is 22.7 Å². The van der Waals surface area contributed by atoms with E-state index in [2.05, 4.69) is 0 Å². The first kappa shape index (κ1) is 19.9. The van der Waals surface area contributed by atoms with Gasteiger partial charge < -0.3 is 9.47 Å². The smallest absolute Gasteiger partial charge is 0.309 e. The lowest BCUT2D eigenvalue weighted by Crippen LogP contribution is -2.30. The molecule has 0 aromatic heterocycles. The van der Waals surface area contributed by atoms with Crippen molar-refractivity contribution < 1.29 is 19.1 Å². The summed E-state index contributed by atoms with van der Waals surface area (Å²) >= 11 is 0. The molecule has 0 aromatic rings. The lowest BCUT2D eigenvalue weighted by Gasteiger charge is -2.23. The van der Waals surface area contributed by atoms with Crippen LogP contribution in [0.25, 0.3) is 0 Å². The Morgan fingerprint density at radius 1 is 0.857 bits per heavy atom. The molecular weight excluding hydrogens is 268 g/mol. The summed E-state index contributed by atoms with van der Waals surface area (Å²) in [5.74, 6) is -1.05. The van der Waals surface area contributed by atoms with Gasteiger partial charge in [0, 0.05) is 0 Å². The van der Waals surface area contributed by atoms with Gasteiger partial charge in [0.05, 0.1) is 25.6 Å². The van der Waals surface area contributed by atoms with E-state index in [1.807, 2.05) is 55.4 Å². The molecule has 4 heteroatoms. The predicted octanol–water partition coefficient (Wildman–Crippen LogP) is 3.83. The monoisotopic (exact) mass is 300 g/mol. The van der Waals surface area contributed by atoms with E-state index in [1.165, 1.54) is 0 Å². The van der Waals surface area contributed by atoms with Crippen molar-refractivity contribution in [3.8, 4) is 0 Å². The summed E-state index contributed by atoms with van der Waals surface area (Å²) in [6.45, 7) is 16.5. The van der Waals surface area contributed by atoms with E-state index < -0.39 is 5.92 Å². The Labute approximate surface area is 129 Å². The molecule has 0 bridgehead atoms. The fraction of sp³-hybridized carbons (Fsp3) is 0.882. The SMILES string of the molecule is CC(C)C(CC(=O)OCC(C)(C)C)C(=O)OCC(C)(C)C. The van der Waals surface area contributed by atoms with Gasteiger partial charge in [-0.2, -0.15) is 0 Å². The van der Waals surface area contributed by atoms with Gasteiger partial charge in [0.15, 0.2) is 0 Å². The summed E-state index contributed by atoms with van der Waals surface area (Å²) in [7, 11) is 0. The predicted molar refractivity (Wildman–Crippen MR) is 83.8 cm³/mol. The molecule has 0 N–H and O–H groups in total. The lowest BCUT2D eigenvalue weighted by atomic mass is 9.92. The highest BCUT2D eigenvalue weighted by atomic mass is 16.5. The van der Waals surface area contributed by atoms with E-state index in [1.54, 1.807) is 0 Å². The van der Waals surface area contributed by atoms with E-state index in [-0.39, 0.29) is 35.1 Å². The minimum Gasteiger partial charge on any atom is -0.465 e. The molecule has 0 fully saturated rings. The highest BCUT2D eigenvalue weighted by molar-refractivity contribution is 5.80. The molecule has 21 heavy (non-hydrogen) atoms. The Bertz CT molecular complexity index is 345. The highest BCUT2D eigenvalue weighted by Crippen LogP contribution is 2.21. The molecule has 124 valence electrons. The Balaban J connectivity index is 4.49. The van der Waals surface area contributed by atoms with Crippen molar-refractivity contribution in [3.63, 3.8) is 0 Å². The number of carbonyl (C=O) groups is 2. The topological polar surface area (TPSA) is 52.6 Å². The summed E-state index contributed by atoms with van der Waals surface area (Å²) in [5.41, 5.74) is -0.153. The van der Waals surface area contributed by atoms with E-state index in [9.17, 15) is 9.59 Å². The number of hydrogen-bond donors (Lipinski definition) is 0. The van der Waals surface area contributed by atoms with Crippen molar-refractivity contribution in [2.75, 3.05) is 13.2 Å². The standard InChI is InChI=1S/C17H32O4/c1-12(2)13(15(19)21-11-17(6,7)8)9-14(18)20-10-16(3,4)5/h12-13H,9-11H2,1-8H3. The van der Waals surface area contributed by atoms with Gasteiger partial charge in [-0.1, -0.05) is 55.4 Å². The van der Waals surface area contributed by atoms with Gasteiger partial charge in [-0.25, -0.2) is 0 Å². The molecule has 0 amide bonds. The third-order valence-corrected chi connectivity index (χ3v) is 2.81. The molecule has 0 radical (unpaired) electrons. The van der Waals surface area contributed by atoms with Crippen LogP contribution in [0.5, 0.6) is 0 Å². The van der Waals surface area contributed by atoms with Gasteiger partial charge in [-0.05, 0) is 16.7 Å². The maximum Gasteiger partial charge on any atom is 0.309 e. The maximum absolute atomic E-state index is 12.1. The molecule has 0 saturated heterocycles. The second-order valence-electron chi connectivity index (χ2n) is 8.44. The summed E-state index contributed by atoms with van der Waals surface area (Å²) in [6.07, 6.45) is 0.0801. The molecular formula is C17H32O4. The van der Waals surface area contributed by atoms with Gasteiger partial charge >= 0.3 is 11.9 Å². The van der Waals surface area contributed by atoms with Crippen molar-refractivity contribution in [2.24, 2.45) is 22.7 Å². The molecule has 0 heterocycles. The van der Waals surface area contributed by atoms with Gasteiger partial charge in [0.1, 0.15) is 0 Å². The number of ether oxygens (including phenoxy) is 2. The van der Waals surface area contributed by atoms with Crippen molar-refractivity contribution in [2.45, 2.75) is 61.8 Å².